The van der Waals surface area contributed by atoms with Crippen molar-refractivity contribution in [3.63, 3.8) is 0 Å². The van der Waals surface area contributed by atoms with Crippen LogP contribution in [0.1, 0.15) is 5.56 Å². The zero-order chi connectivity index (χ0) is 11.7. The third-order valence-electron chi connectivity index (χ3n) is 2.18. The van der Waals surface area contributed by atoms with E-state index in [1.165, 1.54) is 0 Å². The molecule has 0 radical (unpaired) electrons. The molecule has 84 valence electrons. The van der Waals surface area contributed by atoms with Gasteiger partial charge in [0, 0.05) is 0 Å². The number of halogens is 3. The Labute approximate surface area is 111 Å². The minimum Gasteiger partial charge on any atom is -0.383 e. The van der Waals surface area contributed by atoms with E-state index in [0.717, 1.165) is 10.0 Å². The van der Waals surface area contributed by atoms with Crippen molar-refractivity contribution in [3.8, 4) is 0 Å². The van der Waals surface area contributed by atoms with Crippen molar-refractivity contribution in [2.75, 3.05) is 5.73 Å². The molecule has 2 aromatic rings. The van der Waals surface area contributed by atoms with Gasteiger partial charge in [-0.15, -0.1) is 0 Å². The van der Waals surface area contributed by atoms with Crippen LogP contribution in [0.3, 0.4) is 0 Å². The molecule has 0 aliphatic carbocycles. The first-order valence-electron chi connectivity index (χ1n) is 4.49. The van der Waals surface area contributed by atoms with Crippen LogP contribution in [-0.4, -0.2) is 9.78 Å². The summed E-state index contributed by atoms with van der Waals surface area (Å²) in [5.74, 6) is 0.566. The average Bonchev–Trinajstić information content (AvgIpc) is 2.57. The predicted molar refractivity (Wildman–Crippen MR) is 69.9 cm³/mol. The van der Waals surface area contributed by atoms with Gasteiger partial charge in [-0.1, -0.05) is 35.3 Å². The van der Waals surface area contributed by atoms with Crippen LogP contribution in [-0.2, 0) is 6.54 Å². The van der Waals surface area contributed by atoms with Gasteiger partial charge in [0.1, 0.15) is 5.82 Å². The Balaban J connectivity index is 2.34. The molecule has 6 heteroatoms. The van der Waals surface area contributed by atoms with E-state index >= 15 is 0 Å². The molecule has 1 heterocycles. The van der Waals surface area contributed by atoms with Crippen LogP contribution in [0.5, 0.6) is 0 Å². The van der Waals surface area contributed by atoms with Gasteiger partial charge in [-0.2, -0.15) is 5.10 Å². The zero-order valence-corrected chi connectivity index (χ0v) is 11.2. The summed E-state index contributed by atoms with van der Waals surface area (Å²) in [5.41, 5.74) is 6.70. The molecule has 0 fully saturated rings. The van der Waals surface area contributed by atoms with E-state index in [4.69, 9.17) is 28.9 Å². The Hall–Kier alpha value is -0.710. The molecule has 0 amide bonds. The second-order valence-electron chi connectivity index (χ2n) is 3.25. The maximum atomic E-state index is 6.08. The van der Waals surface area contributed by atoms with Gasteiger partial charge in [0.05, 0.1) is 27.3 Å². The van der Waals surface area contributed by atoms with Crippen molar-refractivity contribution in [1.82, 2.24) is 9.78 Å². The number of hydrogen-bond acceptors (Lipinski definition) is 2. The van der Waals surface area contributed by atoms with Crippen LogP contribution >= 0.6 is 39.1 Å². The summed E-state index contributed by atoms with van der Waals surface area (Å²) in [6.45, 7) is 0.497. The number of anilines is 1. The van der Waals surface area contributed by atoms with Crippen molar-refractivity contribution >= 4 is 44.9 Å². The molecule has 1 aromatic heterocycles. The summed E-state index contributed by atoms with van der Waals surface area (Å²) in [7, 11) is 0. The molecule has 1 aromatic carbocycles. The number of benzene rings is 1. The highest BCUT2D eigenvalue weighted by molar-refractivity contribution is 9.10. The fourth-order valence-corrected chi connectivity index (χ4v) is 2.01. The lowest BCUT2D eigenvalue weighted by Gasteiger charge is -2.07. The summed E-state index contributed by atoms with van der Waals surface area (Å²) in [4.78, 5) is 0. The highest BCUT2D eigenvalue weighted by Gasteiger charge is 2.09. The van der Waals surface area contributed by atoms with Gasteiger partial charge in [0.15, 0.2) is 0 Å². The van der Waals surface area contributed by atoms with Crippen LogP contribution in [0.2, 0.25) is 10.0 Å². The lowest BCUT2D eigenvalue weighted by atomic mass is 10.2. The molecule has 2 rings (SSSR count). The van der Waals surface area contributed by atoms with Gasteiger partial charge in [-0.05, 0) is 27.6 Å². The van der Waals surface area contributed by atoms with E-state index < -0.39 is 0 Å². The van der Waals surface area contributed by atoms with E-state index in [-0.39, 0.29) is 0 Å². The molecule has 0 aliphatic rings. The number of hydrogen-bond donors (Lipinski definition) is 1. The first-order valence-corrected chi connectivity index (χ1v) is 6.04. The summed E-state index contributed by atoms with van der Waals surface area (Å²) in [6.07, 6.45) is 1.65. The van der Waals surface area contributed by atoms with Gasteiger partial charge in [0.25, 0.3) is 0 Å². The highest BCUT2D eigenvalue weighted by Crippen LogP contribution is 2.27. The molecular weight excluding hydrogens is 313 g/mol. The van der Waals surface area contributed by atoms with Crippen LogP contribution in [0.15, 0.2) is 28.9 Å². The van der Waals surface area contributed by atoms with E-state index in [2.05, 4.69) is 21.0 Å². The molecular formula is C10H8BrCl2N3. The second kappa shape index (κ2) is 4.65. The molecule has 0 atom stereocenters. The Bertz CT molecular complexity index is 525. The van der Waals surface area contributed by atoms with Crippen molar-refractivity contribution in [2.45, 2.75) is 6.54 Å². The molecule has 0 unspecified atom stereocenters. The second-order valence-corrected chi connectivity index (χ2v) is 4.89. The standard InChI is InChI=1S/C10H8BrCl2N3/c11-7-4-15-16(10(7)14)5-6-2-1-3-8(12)9(6)13/h1-4H,5,14H2. The van der Waals surface area contributed by atoms with Crippen LogP contribution < -0.4 is 5.73 Å². The van der Waals surface area contributed by atoms with Crippen molar-refractivity contribution < 1.29 is 0 Å². The number of nitrogens with zero attached hydrogens (tertiary/aromatic N) is 2. The minimum absolute atomic E-state index is 0.497. The Morgan fingerprint density at radius 3 is 2.75 bits per heavy atom. The monoisotopic (exact) mass is 319 g/mol. The summed E-state index contributed by atoms with van der Waals surface area (Å²) < 4.78 is 2.42. The Morgan fingerprint density at radius 1 is 1.38 bits per heavy atom. The lowest BCUT2D eigenvalue weighted by molar-refractivity contribution is 0.697. The third-order valence-corrected chi connectivity index (χ3v) is 3.65. The maximum absolute atomic E-state index is 6.08. The summed E-state index contributed by atoms with van der Waals surface area (Å²) in [5, 5.41) is 5.19. The quantitative estimate of drug-likeness (QED) is 0.919. The van der Waals surface area contributed by atoms with Gasteiger partial charge in [-0.25, -0.2) is 4.68 Å². The van der Waals surface area contributed by atoms with Crippen LogP contribution in [0, 0.1) is 0 Å². The minimum atomic E-state index is 0.497. The molecule has 0 bridgehead atoms. The molecule has 16 heavy (non-hydrogen) atoms. The van der Waals surface area contributed by atoms with Gasteiger partial charge in [-0.3, -0.25) is 0 Å². The molecule has 0 saturated carbocycles. The van der Waals surface area contributed by atoms with Crippen molar-refractivity contribution in [2.24, 2.45) is 0 Å². The molecule has 0 saturated heterocycles. The largest absolute Gasteiger partial charge is 0.383 e. The van der Waals surface area contributed by atoms with E-state index in [0.29, 0.717) is 22.4 Å². The SMILES string of the molecule is Nc1c(Br)cnn1Cc1cccc(Cl)c1Cl. The predicted octanol–water partition coefficient (Wildman–Crippen LogP) is 3.58. The highest BCUT2D eigenvalue weighted by atomic mass is 79.9. The number of nitrogens with two attached hydrogens (primary N) is 1. The van der Waals surface area contributed by atoms with Gasteiger partial charge < -0.3 is 5.73 Å². The number of nitrogen functional groups attached to an aromatic ring is 1. The summed E-state index contributed by atoms with van der Waals surface area (Å²) >= 11 is 15.3. The first-order chi connectivity index (χ1) is 7.59. The Morgan fingerprint density at radius 2 is 2.12 bits per heavy atom. The Kier molecular flexibility index (Phi) is 3.42. The fourth-order valence-electron chi connectivity index (χ4n) is 1.33. The average molecular weight is 321 g/mol. The summed E-state index contributed by atoms with van der Waals surface area (Å²) in [6, 6.07) is 5.48. The van der Waals surface area contributed by atoms with Gasteiger partial charge in [0.2, 0.25) is 0 Å². The normalized spacial score (nSPS) is 10.7. The maximum Gasteiger partial charge on any atom is 0.136 e. The zero-order valence-electron chi connectivity index (χ0n) is 8.12. The van der Waals surface area contributed by atoms with Crippen molar-refractivity contribution in [3.05, 3.63) is 44.5 Å². The number of rotatable bonds is 2. The smallest absolute Gasteiger partial charge is 0.136 e. The first kappa shape index (κ1) is 11.8. The number of aromatic nitrogens is 2. The lowest BCUT2D eigenvalue weighted by Crippen LogP contribution is -2.06. The van der Waals surface area contributed by atoms with Crippen LogP contribution in [0.25, 0.3) is 0 Å². The van der Waals surface area contributed by atoms with E-state index in [1.807, 2.05) is 12.1 Å². The van der Waals surface area contributed by atoms with Gasteiger partial charge >= 0.3 is 0 Å². The molecule has 0 spiro atoms. The topological polar surface area (TPSA) is 43.8 Å². The fraction of sp³-hybridized carbons (Fsp3) is 0.100. The molecule has 0 aliphatic heterocycles. The molecule has 2 N–H and O–H groups in total. The third kappa shape index (κ3) is 2.19. The van der Waals surface area contributed by atoms with Crippen molar-refractivity contribution in [1.29, 1.82) is 0 Å². The van der Waals surface area contributed by atoms with E-state index in [1.54, 1.807) is 16.9 Å². The van der Waals surface area contributed by atoms with E-state index in [9.17, 15) is 0 Å². The molecule has 3 nitrogen and oxygen atoms in total. The van der Waals surface area contributed by atoms with Crippen LogP contribution in [0.4, 0.5) is 5.82 Å².